The Morgan fingerprint density at radius 3 is 2.45 bits per heavy atom. The van der Waals surface area contributed by atoms with E-state index in [1.165, 1.54) is 0 Å². The van der Waals surface area contributed by atoms with Crippen LogP contribution >= 0.6 is 0 Å². The fourth-order valence-electron chi connectivity index (χ4n) is 0.746. The van der Waals surface area contributed by atoms with Crippen LogP contribution in [-0.2, 0) is 4.79 Å². The number of aliphatic hydroxyl groups excluding tert-OH is 1. The standard InChI is InChI=1S/C7H15NO3/c1-2-3-4-7(8,5-9)6(10)11/h9H,2-5,8H2,1H3,(H,10,11)/t7-/m0/s1. The SMILES string of the molecule is CCCC[C@](N)(CO)C(=O)O. The molecule has 0 unspecified atom stereocenters. The van der Waals surface area contributed by atoms with Crippen LogP contribution in [0.1, 0.15) is 26.2 Å². The maximum absolute atomic E-state index is 10.5. The fourth-order valence-corrected chi connectivity index (χ4v) is 0.746. The quantitative estimate of drug-likeness (QED) is 0.528. The lowest BCUT2D eigenvalue weighted by Crippen LogP contribution is -2.51. The molecule has 0 aromatic carbocycles. The van der Waals surface area contributed by atoms with Gasteiger partial charge in [-0.05, 0) is 6.42 Å². The van der Waals surface area contributed by atoms with Crippen LogP contribution in [0.3, 0.4) is 0 Å². The van der Waals surface area contributed by atoms with Gasteiger partial charge in [0.05, 0.1) is 6.61 Å². The molecule has 66 valence electrons. The highest BCUT2D eigenvalue weighted by molar-refractivity contribution is 5.78. The number of aliphatic carboxylic acids is 1. The van der Waals surface area contributed by atoms with Crippen molar-refractivity contribution < 1.29 is 15.0 Å². The number of carbonyl (C=O) groups is 1. The van der Waals surface area contributed by atoms with Crippen molar-refractivity contribution in [3.8, 4) is 0 Å². The number of aliphatic hydroxyl groups is 1. The third kappa shape index (κ3) is 2.86. The van der Waals surface area contributed by atoms with Crippen LogP contribution in [0.5, 0.6) is 0 Å². The van der Waals surface area contributed by atoms with Gasteiger partial charge in [0.25, 0.3) is 0 Å². The molecule has 0 aromatic heterocycles. The molecule has 11 heavy (non-hydrogen) atoms. The summed E-state index contributed by atoms with van der Waals surface area (Å²) < 4.78 is 0. The summed E-state index contributed by atoms with van der Waals surface area (Å²) in [6.07, 6.45) is 1.94. The van der Waals surface area contributed by atoms with Gasteiger partial charge in [-0.15, -0.1) is 0 Å². The summed E-state index contributed by atoms with van der Waals surface area (Å²) in [6.45, 7) is 1.45. The zero-order valence-electron chi connectivity index (χ0n) is 6.71. The van der Waals surface area contributed by atoms with Crippen LogP contribution in [0.25, 0.3) is 0 Å². The average molecular weight is 161 g/mol. The maximum atomic E-state index is 10.5. The van der Waals surface area contributed by atoms with E-state index < -0.39 is 18.1 Å². The van der Waals surface area contributed by atoms with Gasteiger partial charge in [0.2, 0.25) is 0 Å². The Hall–Kier alpha value is -0.610. The normalized spacial score (nSPS) is 15.9. The van der Waals surface area contributed by atoms with Gasteiger partial charge in [-0.3, -0.25) is 4.79 Å². The van der Waals surface area contributed by atoms with Crippen molar-refractivity contribution in [3.63, 3.8) is 0 Å². The second-order valence-corrected chi connectivity index (χ2v) is 2.72. The smallest absolute Gasteiger partial charge is 0.326 e. The molecule has 0 aromatic rings. The maximum Gasteiger partial charge on any atom is 0.326 e. The minimum Gasteiger partial charge on any atom is -0.480 e. The minimum absolute atomic E-state index is 0.329. The minimum atomic E-state index is -1.43. The highest BCUT2D eigenvalue weighted by Gasteiger charge is 2.31. The van der Waals surface area contributed by atoms with E-state index >= 15 is 0 Å². The Morgan fingerprint density at radius 1 is 1.64 bits per heavy atom. The summed E-state index contributed by atoms with van der Waals surface area (Å²) in [5, 5.41) is 17.3. The third-order valence-corrected chi connectivity index (χ3v) is 1.68. The van der Waals surface area contributed by atoms with Crippen LogP contribution in [0, 0.1) is 0 Å². The number of hydrogen-bond donors (Lipinski definition) is 3. The molecule has 1 atom stereocenters. The van der Waals surface area contributed by atoms with Crippen LogP contribution < -0.4 is 5.73 Å². The monoisotopic (exact) mass is 161 g/mol. The van der Waals surface area contributed by atoms with E-state index in [-0.39, 0.29) is 0 Å². The fraction of sp³-hybridized carbons (Fsp3) is 0.857. The lowest BCUT2D eigenvalue weighted by atomic mass is 9.95. The molecule has 0 saturated carbocycles. The first-order valence-corrected chi connectivity index (χ1v) is 3.70. The molecular weight excluding hydrogens is 146 g/mol. The second kappa shape index (κ2) is 4.31. The Morgan fingerprint density at radius 2 is 2.18 bits per heavy atom. The second-order valence-electron chi connectivity index (χ2n) is 2.72. The van der Waals surface area contributed by atoms with E-state index in [2.05, 4.69) is 0 Å². The topological polar surface area (TPSA) is 83.5 Å². The van der Waals surface area contributed by atoms with E-state index in [4.69, 9.17) is 15.9 Å². The van der Waals surface area contributed by atoms with Crippen molar-refractivity contribution in [2.75, 3.05) is 6.61 Å². The number of unbranched alkanes of at least 4 members (excludes halogenated alkanes) is 1. The summed E-state index contributed by atoms with van der Waals surface area (Å²) in [6, 6.07) is 0. The molecule has 0 radical (unpaired) electrons. The van der Waals surface area contributed by atoms with Gasteiger partial charge in [-0.2, -0.15) is 0 Å². The van der Waals surface area contributed by atoms with Crippen molar-refractivity contribution in [3.05, 3.63) is 0 Å². The molecule has 0 aliphatic heterocycles. The Labute approximate surface area is 66.0 Å². The zero-order valence-corrected chi connectivity index (χ0v) is 6.71. The predicted molar refractivity (Wildman–Crippen MR) is 41.2 cm³/mol. The average Bonchev–Trinajstić information content (AvgIpc) is 2.00. The van der Waals surface area contributed by atoms with Crippen molar-refractivity contribution in [1.82, 2.24) is 0 Å². The van der Waals surface area contributed by atoms with Crippen LogP contribution in [-0.4, -0.2) is 28.3 Å². The van der Waals surface area contributed by atoms with E-state index in [0.717, 1.165) is 12.8 Å². The van der Waals surface area contributed by atoms with E-state index in [1.807, 2.05) is 6.92 Å². The summed E-state index contributed by atoms with van der Waals surface area (Å²) in [5.41, 5.74) is 3.94. The molecule has 0 fully saturated rings. The predicted octanol–water partition coefficient (Wildman–Crippen LogP) is -0.0490. The van der Waals surface area contributed by atoms with Gasteiger partial charge in [0.15, 0.2) is 0 Å². The number of rotatable bonds is 5. The van der Waals surface area contributed by atoms with Crippen molar-refractivity contribution in [2.45, 2.75) is 31.7 Å². The van der Waals surface area contributed by atoms with Crippen molar-refractivity contribution >= 4 is 5.97 Å². The molecule has 0 bridgehead atoms. The largest absolute Gasteiger partial charge is 0.480 e. The van der Waals surface area contributed by atoms with Gasteiger partial charge >= 0.3 is 5.97 Å². The molecular formula is C7H15NO3. The molecule has 0 aliphatic rings. The zero-order chi connectivity index (χ0) is 8.91. The Kier molecular flexibility index (Phi) is 4.07. The summed E-state index contributed by atoms with van der Waals surface area (Å²) in [4.78, 5) is 10.5. The molecule has 0 spiro atoms. The van der Waals surface area contributed by atoms with Crippen LogP contribution in [0.15, 0.2) is 0 Å². The number of hydrogen-bond acceptors (Lipinski definition) is 3. The molecule has 4 heteroatoms. The lowest BCUT2D eigenvalue weighted by molar-refractivity contribution is -0.145. The molecule has 4 N–H and O–H groups in total. The molecule has 0 saturated heterocycles. The molecule has 0 heterocycles. The summed E-state index contributed by atoms with van der Waals surface area (Å²) in [7, 11) is 0. The van der Waals surface area contributed by atoms with E-state index in [0.29, 0.717) is 6.42 Å². The first-order chi connectivity index (χ1) is 5.06. The third-order valence-electron chi connectivity index (χ3n) is 1.68. The number of carboxylic acid groups (broad SMARTS) is 1. The molecule has 4 nitrogen and oxygen atoms in total. The van der Waals surface area contributed by atoms with Gasteiger partial charge in [-0.25, -0.2) is 0 Å². The highest BCUT2D eigenvalue weighted by Crippen LogP contribution is 2.10. The van der Waals surface area contributed by atoms with Crippen molar-refractivity contribution in [1.29, 1.82) is 0 Å². The molecule has 0 amide bonds. The summed E-state index contributed by atoms with van der Waals surface area (Å²) in [5.74, 6) is -1.13. The van der Waals surface area contributed by atoms with Gasteiger partial charge < -0.3 is 15.9 Å². The first-order valence-electron chi connectivity index (χ1n) is 3.70. The Bertz CT molecular complexity index is 138. The van der Waals surface area contributed by atoms with Crippen LogP contribution in [0.2, 0.25) is 0 Å². The number of carboxylic acids is 1. The molecule has 0 aliphatic carbocycles. The van der Waals surface area contributed by atoms with Crippen molar-refractivity contribution in [2.24, 2.45) is 5.73 Å². The van der Waals surface area contributed by atoms with Crippen LogP contribution in [0.4, 0.5) is 0 Å². The van der Waals surface area contributed by atoms with Gasteiger partial charge in [0, 0.05) is 0 Å². The van der Waals surface area contributed by atoms with Gasteiger partial charge in [-0.1, -0.05) is 19.8 Å². The summed E-state index contributed by atoms with van der Waals surface area (Å²) >= 11 is 0. The highest BCUT2D eigenvalue weighted by atomic mass is 16.4. The van der Waals surface area contributed by atoms with E-state index in [1.54, 1.807) is 0 Å². The lowest BCUT2D eigenvalue weighted by Gasteiger charge is -2.21. The first kappa shape index (κ1) is 10.4. The van der Waals surface area contributed by atoms with Gasteiger partial charge in [0.1, 0.15) is 5.54 Å². The Balaban J connectivity index is 3.99. The molecule has 0 rings (SSSR count). The number of nitrogens with two attached hydrogens (primary N) is 1. The van der Waals surface area contributed by atoms with E-state index in [9.17, 15) is 4.79 Å².